The van der Waals surface area contributed by atoms with Gasteiger partial charge in [0.15, 0.2) is 0 Å². The largest absolute Gasteiger partial charge is 0.310 e. The minimum absolute atomic E-state index is 0.00558. The zero-order valence-electron chi connectivity index (χ0n) is 67.3. The maximum absolute atomic E-state index is 2.72. The molecule has 0 saturated heterocycles. The van der Waals surface area contributed by atoms with E-state index in [2.05, 4.69) is 459 Å². The minimum atomic E-state index is -0.329. The predicted molar refractivity (Wildman–Crippen MR) is 498 cm³/mol. The van der Waals surface area contributed by atoms with Gasteiger partial charge in [-0.2, -0.15) is 0 Å². The second-order valence-corrected chi connectivity index (χ2v) is 34.9. The smallest absolute Gasteiger partial charge is 0.252 e. The molecule has 0 atom stereocenters. The Kier molecular flexibility index (Phi) is 17.4. The summed E-state index contributed by atoms with van der Waals surface area (Å²) < 4.78 is 0. The van der Waals surface area contributed by atoms with Crippen LogP contribution in [0.25, 0.3) is 121 Å². The van der Waals surface area contributed by atoms with Crippen LogP contribution in [0.4, 0.5) is 51.2 Å². The molecular formula is C112H90BN3. The van der Waals surface area contributed by atoms with Gasteiger partial charge in [-0.1, -0.05) is 360 Å². The molecular weight excluding hydrogens is 1400 g/mol. The third kappa shape index (κ3) is 12.6. The summed E-state index contributed by atoms with van der Waals surface area (Å²) >= 11 is 0. The topological polar surface area (TPSA) is 9.72 Å². The zero-order chi connectivity index (χ0) is 78.7. The SMILES string of the molecule is CC(C)(C)c1cc(-c2ccccc2)c(N2c3ccc(-c4ccccc4)cc3B3c4cc(-c5cc6ccc7cc(C(C)(C)C)cc8ccc(c5)c6c78)ccc4N(c4c(-c5ccccc5)cc(C(C)(C)C)cc4-c4ccccc4)c4cc(N(c5ccc(-c6ccccc6)cc5)c5ccc(-c6ccccc6)cc5)cc2c43)c(-c2ccccc2)c1. The quantitative estimate of drug-likeness (QED) is 0.0841. The number of nitrogens with zero attached hydrogens (tertiary/aromatic N) is 3. The summed E-state index contributed by atoms with van der Waals surface area (Å²) in [6.07, 6.45) is 0. The molecule has 20 rings (SSSR count). The molecule has 0 N–H and O–H groups in total. The summed E-state index contributed by atoms with van der Waals surface area (Å²) in [7, 11) is 0. The van der Waals surface area contributed by atoms with Crippen LogP contribution in [-0.4, -0.2) is 6.71 Å². The van der Waals surface area contributed by atoms with Gasteiger partial charge in [-0.15, -0.1) is 0 Å². The molecule has 4 heteroatoms. The predicted octanol–water partition coefficient (Wildman–Crippen LogP) is 29.4. The van der Waals surface area contributed by atoms with E-state index in [4.69, 9.17) is 0 Å². The number of benzene rings is 18. The maximum Gasteiger partial charge on any atom is 0.252 e. The van der Waals surface area contributed by atoms with Crippen LogP contribution in [-0.2, 0) is 16.2 Å². The van der Waals surface area contributed by atoms with Gasteiger partial charge in [0.2, 0.25) is 0 Å². The standard InChI is InChI=1S/C112H90BN3/c1-110(2,3)89-63-86-47-45-84-61-88(62-85-46-48-87(64-89)106(86)105(84)85)83-54-60-102-100(66-83)113-99-65-82(75-35-21-12-22-36-75)53-59-101(99)115(108-95(78-37-23-13-24-38-78)67-90(111(4,5)6)68-96(108)79-39-25-14-26-40-79)103-71-94(114(92-55-49-76(50-56-92)73-31-17-10-18-32-73)93-57-51-77(52-58-93)74-33-19-11-20-34-74)72-104(107(103)113)116(102)109-97(80-41-27-15-28-42-80)69-91(112(7,8)9)70-98(109)81-43-29-16-30-44-81/h10-72H,1-9H3. The first kappa shape index (κ1) is 71.5. The summed E-state index contributed by atoms with van der Waals surface area (Å²) in [5.41, 5.74) is 35.1. The number of hydrogen-bond donors (Lipinski definition) is 0. The lowest BCUT2D eigenvalue weighted by atomic mass is 9.33. The van der Waals surface area contributed by atoms with Crippen molar-refractivity contribution in [1.29, 1.82) is 0 Å². The number of fused-ring (bicyclic) bond motifs is 4. The molecule has 0 fully saturated rings. The van der Waals surface area contributed by atoms with E-state index in [-0.39, 0.29) is 23.0 Å². The Morgan fingerprint density at radius 3 is 0.802 bits per heavy atom. The third-order valence-corrected chi connectivity index (χ3v) is 24.4. The van der Waals surface area contributed by atoms with Crippen molar-refractivity contribution in [2.75, 3.05) is 14.7 Å². The van der Waals surface area contributed by atoms with Crippen molar-refractivity contribution in [3.05, 3.63) is 399 Å². The third-order valence-electron chi connectivity index (χ3n) is 24.4. The lowest BCUT2D eigenvalue weighted by molar-refractivity contribution is 0.590. The van der Waals surface area contributed by atoms with Crippen molar-refractivity contribution >= 4 is 107 Å². The molecule has 18 aromatic carbocycles. The molecule has 18 aromatic rings. The van der Waals surface area contributed by atoms with E-state index in [0.29, 0.717) is 0 Å². The van der Waals surface area contributed by atoms with Gasteiger partial charge in [0, 0.05) is 56.4 Å². The van der Waals surface area contributed by atoms with Gasteiger partial charge in [0.1, 0.15) is 0 Å². The van der Waals surface area contributed by atoms with E-state index in [9.17, 15) is 0 Å². The van der Waals surface area contributed by atoms with Gasteiger partial charge in [-0.05, 0) is 233 Å². The molecule has 0 aliphatic carbocycles. The lowest BCUT2D eigenvalue weighted by Gasteiger charge is -2.46. The van der Waals surface area contributed by atoms with Gasteiger partial charge >= 0.3 is 0 Å². The van der Waals surface area contributed by atoms with E-state index in [1.807, 2.05) is 0 Å². The molecule has 0 aromatic heterocycles. The van der Waals surface area contributed by atoms with E-state index in [0.717, 1.165) is 124 Å². The van der Waals surface area contributed by atoms with Crippen molar-refractivity contribution in [2.45, 2.75) is 78.6 Å². The molecule has 0 saturated carbocycles. The molecule has 2 aliphatic rings. The molecule has 556 valence electrons. The number of anilines is 9. The molecule has 2 aliphatic heterocycles. The van der Waals surface area contributed by atoms with Crippen LogP contribution in [0.5, 0.6) is 0 Å². The average Bonchev–Trinajstić information content (AvgIpc) is 0.684. The molecule has 0 radical (unpaired) electrons. The van der Waals surface area contributed by atoms with Crippen molar-refractivity contribution in [1.82, 2.24) is 0 Å². The van der Waals surface area contributed by atoms with Crippen molar-refractivity contribution in [2.24, 2.45) is 0 Å². The first-order chi connectivity index (χ1) is 56.4. The highest BCUT2D eigenvalue weighted by molar-refractivity contribution is 7.00. The van der Waals surface area contributed by atoms with Gasteiger partial charge in [0.25, 0.3) is 6.71 Å². The van der Waals surface area contributed by atoms with Crippen LogP contribution in [0, 0.1) is 0 Å². The fourth-order valence-corrected chi connectivity index (χ4v) is 18.3. The molecule has 0 spiro atoms. The normalized spacial score (nSPS) is 12.6. The minimum Gasteiger partial charge on any atom is -0.310 e. The molecule has 116 heavy (non-hydrogen) atoms. The highest BCUT2D eigenvalue weighted by Gasteiger charge is 2.47. The van der Waals surface area contributed by atoms with Crippen LogP contribution in [0.3, 0.4) is 0 Å². The molecule has 0 bridgehead atoms. The molecule has 0 amide bonds. The number of rotatable bonds is 13. The summed E-state index contributed by atoms with van der Waals surface area (Å²) in [5, 5.41) is 7.68. The summed E-state index contributed by atoms with van der Waals surface area (Å²) in [4.78, 5) is 7.96. The highest BCUT2D eigenvalue weighted by atomic mass is 15.2. The Labute approximate surface area is 683 Å². The van der Waals surface area contributed by atoms with E-state index < -0.39 is 0 Å². The fourth-order valence-electron chi connectivity index (χ4n) is 18.3. The fraction of sp³-hybridized carbons (Fsp3) is 0.107. The maximum atomic E-state index is 2.72. The van der Waals surface area contributed by atoms with E-state index >= 15 is 0 Å². The first-order valence-electron chi connectivity index (χ1n) is 41.0. The van der Waals surface area contributed by atoms with Gasteiger partial charge in [0.05, 0.1) is 17.1 Å². The van der Waals surface area contributed by atoms with E-state index in [1.165, 1.54) is 82.1 Å². The lowest BCUT2D eigenvalue weighted by Crippen LogP contribution is -2.61. The van der Waals surface area contributed by atoms with E-state index in [1.54, 1.807) is 0 Å². The zero-order valence-corrected chi connectivity index (χ0v) is 67.3. The average molecular weight is 1490 g/mol. The monoisotopic (exact) mass is 1490 g/mol. The van der Waals surface area contributed by atoms with Gasteiger partial charge in [-0.25, -0.2) is 0 Å². The van der Waals surface area contributed by atoms with Crippen molar-refractivity contribution < 1.29 is 0 Å². The summed E-state index contributed by atoms with van der Waals surface area (Å²) in [6, 6.07) is 145. The second-order valence-electron chi connectivity index (χ2n) is 34.9. The number of hydrogen-bond acceptors (Lipinski definition) is 3. The van der Waals surface area contributed by atoms with Crippen LogP contribution in [0.15, 0.2) is 382 Å². The van der Waals surface area contributed by atoms with Gasteiger partial charge < -0.3 is 14.7 Å². The second kappa shape index (κ2) is 28.2. The van der Waals surface area contributed by atoms with Crippen LogP contribution in [0.1, 0.15) is 79.0 Å². The first-order valence-corrected chi connectivity index (χ1v) is 41.0. The molecule has 0 unspecified atom stereocenters. The van der Waals surface area contributed by atoms with Crippen LogP contribution in [0.2, 0.25) is 0 Å². The van der Waals surface area contributed by atoms with Crippen molar-refractivity contribution in [3.63, 3.8) is 0 Å². The Hall–Kier alpha value is -13.5. The van der Waals surface area contributed by atoms with Crippen LogP contribution >= 0.6 is 0 Å². The van der Waals surface area contributed by atoms with Gasteiger partial charge in [-0.3, -0.25) is 0 Å². The Morgan fingerprint density at radius 2 is 0.483 bits per heavy atom. The Balaban J connectivity index is 0.960. The molecule has 2 heterocycles. The molecule has 3 nitrogen and oxygen atoms in total. The summed E-state index contributed by atoms with van der Waals surface area (Å²) in [6.45, 7) is 20.8. The summed E-state index contributed by atoms with van der Waals surface area (Å²) in [5.74, 6) is 0. The Morgan fingerprint density at radius 1 is 0.216 bits per heavy atom. The van der Waals surface area contributed by atoms with Crippen molar-refractivity contribution in [3.8, 4) is 89.0 Å². The Bertz CT molecular complexity index is 6470. The van der Waals surface area contributed by atoms with Crippen LogP contribution < -0.4 is 31.1 Å². The highest BCUT2D eigenvalue weighted by Crippen LogP contribution is 2.57.